The lowest BCUT2D eigenvalue weighted by atomic mass is 10.0. The maximum Gasteiger partial charge on any atom is 0.143 e. The molecule has 0 bridgehead atoms. The Morgan fingerprint density at radius 1 is 1.18 bits per heavy atom. The highest BCUT2D eigenvalue weighted by atomic mass is 32.2. The Kier molecular flexibility index (Phi) is 4.76. The van der Waals surface area contributed by atoms with Gasteiger partial charge in [0.25, 0.3) is 0 Å². The van der Waals surface area contributed by atoms with Gasteiger partial charge in [0.1, 0.15) is 11.5 Å². The number of aryl methyl sites for hydroxylation is 2. The van der Waals surface area contributed by atoms with Crippen molar-refractivity contribution < 1.29 is 18.4 Å². The molecule has 1 unspecified atom stereocenters. The third-order valence-electron chi connectivity index (χ3n) is 4.72. The molecule has 0 amide bonds. The number of aromatic hydroxyl groups is 1. The number of hydrogen-bond donors (Lipinski definition) is 2. The normalized spacial score (nSPS) is 12.5. The van der Waals surface area contributed by atoms with E-state index in [1.807, 2.05) is 54.8 Å². The maximum atomic E-state index is 11.2. The standard InChI is InChI=1S/C20H19N3O4S/c1-12-19(13(2)27-22-12)20-17(11-21-28(25)26)16-5-3-4-6-18(16)23(20)14-7-9-15(24)10-8-14/h3-10,21,24H,11H2,1-2H3,(H,25,26)/p-1. The van der Waals surface area contributed by atoms with E-state index in [1.54, 1.807) is 12.1 Å². The molecule has 28 heavy (non-hydrogen) atoms. The summed E-state index contributed by atoms with van der Waals surface area (Å²) >= 11 is -2.39. The number of benzene rings is 2. The molecule has 2 heterocycles. The molecule has 8 heteroatoms. The second-order valence-corrected chi connectivity index (χ2v) is 7.21. The molecule has 1 atom stereocenters. The number of aromatic nitrogens is 2. The summed E-state index contributed by atoms with van der Waals surface area (Å²) in [6.45, 7) is 3.81. The minimum atomic E-state index is -2.39. The zero-order chi connectivity index (χ0) is 19.8. The van der Waals surface area contributed by atoms with Crippen molar-refractivity contribution in [2.24, 2.45) is 0 Å². The number of nitrogens with one attached hydrogen (secondary N) is 1. The van der Waals surface area contributed by atoms with Crippen LogP contribution in [0.15, 0.2) is 53.1 Å². The summed E-state index contributed by atoms with van der Waals surface area (Å²) in [5.41, 5.74) is 4.90. The van der Waals surface area contributed by atoms with Crippen LogP contribution < -0.4 is 4.72 Å². The molecule has 0 spiro atoms. The van der Waals surface area contributed by atoms with Gasteiger partial charge >= 0.3 is 0 Å². The highest BCUT2D eigenvalue weighted by molar-refractivity contribution is 7.77. The fourth-order valence-electron chi connectivity index (χ4n) is 3.57. The topological polar surface area (TPSA) is 103 Å². The van der Waals surface area contributed by atoms with Gasteiger partial charge in [-0.25, -0.2) is 4.72 Å². The Morgan fingerprint density at radius 3 is 2.54 bits per heavy atom. The molecule has 0 saturated heterocycles. The zero-order valence-electron chi connectivity index (χ0n) is 15.3. The molecule has 2 aromatic carbocycles. The molecule has 0 aliphatic carbocycles. The molecule has 7 nitrogen and oxygen atoms in total. The fraction of sp³-hybridized carbons (Fsp3) is 0.150. The highest BCUT2D eigenvalue weighted by Gasteiger charge is 2.24. The van der Waals surface area contributed by atoms with E-state index in [2.05, 4.69) is 9.88 Å². The van der Waals surface area contributed by atoms with Gasteiger partial charge in [-0.1, -0.05) is 23.4 Å². The van der Waals surface area contributed by atoms with Gasteiger partial charge in [-0.15, -0.1) is 0 Å². The summed E-state index contributed by atoms with van der Waals surface area (Å²) in [5.74, 6) is 0.813. The number of phenols is 1. The van der Waals surface area contributed by atoms with Crippen molar-refractivity contribution in [3.8, 4) is 22.7 Å². The van der Waals surface area contributed by atoms with Crippen molar-refractivity contribution in [2.45, 2.75) is 20.4 Å². The van der Waals surface area contributed by atoms with Crippen molar-refractivity contribution in [2.75, 3.05) is 0 Å². The molecule has 2 N–H and O–H groups in total. The van der Waals surface area contributed by atoms with E-state index >= 15 is 0 Å². The van der Waals surface area contributed by atoms with Gasteiger partial charge < -0.3 is 18.7 Å². The highest BCUT2D eigenvalue weighted by Crippen LogP contribution is 2.39. The third kappa shape index (κ3) is 3.11. The molecule has 2 aromatic heterocycles. The van der Waals surface area contributed by atoms with Crippen LogP contribution in [0.1, 0.15) is 17.0 Å². The fourth-order valence-corrected chi connectivity index (χ4v) is 3.83. The summed E-state index contributed by atoms with van der Waals surface area (Å²) in [7, 11) is 0. The minimum absolute atomic E-state index is 0.126. The number of hydrogen-bond acceptors (Lipinski definition) is 5. The smallest absolute Gasteiger partial charge is 0.143 e. The third-order valence-corrected chi connectivity index (χ3v) is 5.10. The van der Waals surface area contributed by atoms with Gasteiger partial charge in [0.15, 0.2) is 0 Å². The quantitative estimate of drug-likeness (QED) is 0.503. The Hall–Kier alpha value is -2.94. The average Bonchev–Trinajstić information content (AvgIpc) is 3.17. The van der Waals surface area contributed by atoms with E-state index in [4.69, 9.17) is 4.52 Å². The number of phenolic OH excluding ortho intramolecular Hbond substituents is 1. The van der Waals surface area contributed by atoms with Crippen molar-refractivity contribution in [1.82, 2.24) is 14.4 Å². The van der Waals surface area contributed by atoms with Crippen LogP contribution in [0.5, 0.6) is 5.75 Å². The molecule has 0 saturated carbocycles. The first kappa shape index (κ1) is 18.4. The van der Waals surface area contributed by atoms with E-state index in [1.165, 1.54) is 0 Å². The summed E-state index contributed by atoms with van der Waals surface area (Å²) < 4.78 is 32.3. The Labute approximate surface area is 164 Å². The van der Waals surface area contributed by atoms with E-state index < -0.39 is 11.3 Å². The average molecular weight is 396 g/mol. The summed E-state index contributed by atoms with van der Waals surface area (Å²) in [6, 6.07) is 14.6. The summed E-state index contributed by atoms with van der Waals surface area (Å²) in [5, 5.41) is 14.7. The first-order valence-corrected chi connectivity index (χ1v) is 9.72. The Bertz CT molecular complexity index is 1160. The number of nitrogens with zero attached hydrogens (tertiary/aromatic N) is 2. The van der Waals surface area contributed by atoms with Crippen molar-refractivity contribution >= 4 is 22.2 Å². The van der Waals surface area contributed by atoms with Crippen molar-refractivity contribution in [1.29, 1.82) is 0 Å². The second kappa shape index (κ2) is 7.23. The minimum Gasteiger partial charge on any atom is -0.760 e. The van der Waals surface area contributed by atoms with E-state index in [9.17, 15) is 13.9 Å². The number of rotatable bonds is 5. The molecule has 0 radical (unpaired) electrons. The summed E-state index contributed by atoms with van der Waals surface area (Å²) in [6.07, 6.45) is 0. The molecular formula is C20H18N3O4S-. The van der Waals surface area contributed by atoms with Crippen LogP contribution in [0, 0.1) is 13.8 Å². The van der Waals surface area contributed by atoms with Gasteiger partial charge in [0.05, 0.1) is 22.5 Å². The van der Waals surface area contributed by atoms with Crippen LogP contribution in [0.25, 0.3) is 27.8 Å². The molecule has 4 rings (SSSR count). The molecule has 0 aliphatic heterocycles. The second-order valence-electron chi connectivity index (χ2n) is 6.45. The first-order chi connectivity index (χ1) is 13.5. The maximum absolute atomic E-state index is 11.2. The van der Waals surface area contributed by atoms with E-state index in [-0.39, 0.29) is 12.3 Å². The SMILES string of the molecule is Cc1noc(C)c1-c1c(CNS(=O)[O-])c2ccccc2n1-c1ccc(O)cc1. The lowest BCUT2D eigenvalue weighted by Gasteiger charge is -2.14. The van der Waals surface area contributed by atoms with E-state index in [0.717, 1.165) is 33.4 Å². The molecule has 4 aromatic rings. The van der Waals surface area contributed by atoms with Gasteiger partial charge in [-0.05, 0) is 44.2 Å². The molecule has 144 valence electrons. The van der Waals surface area contributed by atoms with Crippen LogP contribution in [-0.2, 0) is 17.8 Å². The lowest BCUT2D eigenvalue weighted by molar-refractivity contribution is 0.393. The molecule has 0 fully saturated rings. The Balaban J connectivity index is 2.10. The molecular weight excluding hydrogens is 378 g/mol. The van der Waals surface area contributed by atoms with Crippen LogP contribution in [0.2, 0.25) is 0 Å². The largest absolute Gasteiger partial charge is 0.760 e. The predicted molar refractivity (Wildman–Crippen MR) is 106 cm³/mol. The number of fused-ring (bicyclic) bond motifs is 1. The van der Waals surface area contributed by atoms with Crippen LogP contribution >= 0.6 is 0 Å². The zero-order valence-corrected chi connectivity index (χ0v) is 16.1. The van der Waals surface area contributed by atoms with Crippen molar-refractivity contribution in [3.63, 3.8) is 0 Å². The van der Waals surface area contributed by atoms with Crippen molar-refractivity contribution in [3.05, 3.63) is 65.5 Å². The monoisotopic (exact) mass is 396 g/mol. The number of para-hydroxylation sites is 1. The van der Waals surface area contributed by atoms with Gasteiger partial charge in [0.2, 0.25) is 0 Å². The van der Waals surface area contributed by atoms with Crippen LogP contribution in [0.4, 0.5) is 0 Å². The van der Waals surface area contributed by atoms with Gasteiger partial charge in [-0.2, -0.15) is 0 Å². The van der Waals surface area contributed by atoms with Gasteiger partial charge in [0, 0.05) is 34.4 Å². The van der Waals surface area contributed by atoms with E-state index in [0.29, 0.717) is 11.5 Å². The first-order valence-electron chi connectivity index (χ1n) is 8.65. The summed E-state index contributed by atoms with van der Waals surface area (Å²) in [4.78, 5) is 0. The Morgan fingerprint density at radius 2 is 1.89 bits per heavy atom. The van der Waals surface area contributed by atoms with Crippen LogP contribution in [-0.4, -0.2) is 23.6 Å². The predicted octanol–water partition coefficient (Wildman–Crippen LogP) is 3.49. The molecule has 0 aliphatic rings. The van der Waals surface area contributed by atoms with Crippen LogP contribution in [0.3, 0.4) is 0 Å². The lowest BCUT2D eigenvalue weighted by Crippen LogP contribution is -2.16. The van der Waals surface area contributed by atoms with Gasteiger partial charge in [-0.3, -0.25) is 4.21 Å².